The first-order valence-corrected chi connectivity index (χ1v) is 14.1. The number of carbonyl (C=O) groups is 2. The Hall–Kier alpha value is -2.62. The van der Waals surface area contributed by atoms with E-state index in [2.05, 4.69) is 43.6 Å². The minimum absolute atomic E-state index is 0.0430. The van der Waals surface area contributed by atoms with Crippen molar-refractivity contribution in [3.8, 4) is 5.69 Å². The van der Waals surface area contributed by atoms with E-state index in [-0.39, 0.29) is 29.0 Å². The number of amides is 2. The number of aryl methyl sites for hydroxylation is 1. The van der Waals surface area contributed by atoms with Crippen molar-refractivity contribution in [2.24, 2.45) is 0 Å². The second-order valence-electron chi connectivity index (χ2n) is 10.4. The number of aromatic nitrogens is 2. The Morgan fingerprint density at radius 1 is 1.22 bits per heavy atom. The van der Waals surface area contributed by atoms with Crippen molar-refractivity contribution in [1.82, 2.24) is 20.0 Å². The van der Waals surface area contributed by atoms with E-state index in [4.69, 9.17) is 5.10 Å². The molecule has 36 heavy (non-hydrogen) atoms. The predicted octanol–water partition coefficient (Wildman–Crippen LogP) is 4.39. The number of anilines is 1. The van der Waals surface area contributed by atoms with Gasteiger partial charge in [-0.25, -0.2) is 4.68 Å². The summed E-state index contributed by atoms with van der Waals surface area (Å²) < 4.78 is 1.88. The van der Waals surface area contributed by atoms with E-state index in [1.165, 1.54) is 4.88 Å². The molecule has 0 spiro atoms. The largest absolute Gasteiger partial charge is 0.353 e. The first-order chi connectivity index (χ1) is 17.1. The van der Waals surface area contributed by atoms with Crippen LogP contribution in [-0.4, -0.2) is 66.0 Å². The summed E-state index contributed by atoms with van der Waals surface area (Å²) in [6, 6.07) is 12.3. The molecule has 3 aromatic rings. The minimum atomic E-state index is -0.262. The summed E-state index contributed by atoms with van der Waals surface area (Å²) in [4.78, 5) is 31.5. The van der Waals surface area contributed by atoms with Gasteiger partial charge in [0.25, 0.3) is 0 Å². The highest BCUT2D eigenvalue weighted by atomic mass is 32.2. The van der Waals surface area contributed by atoms with Gasteiger partial charge < -0.3 is 10.2 Å². The lowest BCUT2D eigenvalue weighted by Gasteiger charge is -2.24. The zero-order valence-corrected chi connectivity index (χ0v) is 23.5. The molecule has 1 aromatic carbocycles. The Kier molecular flexibility index (Phi) is 7.92. The Morgan fingerprint density at radius 2 is 2.00 bits per heavy atom. The maximum absolute atomic E-state index is 13.6. The molecule has 2 amide bonds. The Balaban J connectivity index is 1.89. The first kappa shape index (κ1) is 26.4. The molecule has 192 valence electrons. The molecule has 1 aliphatic heterocycles. The normalized spacial score (nSPS) is 16.2. The Morgan fingerprint density at radius 3 is 2.64 bits per heavy atom. The van der Waals surface area contributed by atoms with Crippen LogP contribution in [-0.2, 0) is 15.0 Å². The third-order valence-corrected chi connectivity index (χ3v) is 8.35. The number of thioether (sulfide) groups is 1. The summed E-state index contributed by atoms with van der Waals surface area (Å²) >= 11 is 3.30. The molecule has 0 radical (unpaired) electrons. The maximum Gasteiger partial charge on any atom is 0.240 e. The van der Waals surface area contributed by atoms with E-state index in [1.807, 2.05) is 54.9 Å². The minimum Gasteiger partial charge on any atom is -0.353 e. The number of hydrogen-bond donors (Lipinski definition) is 1. The molecule has 0 saturated carbocycles. The number of likely N-dealkylation sites (N-methyl/N-ethyl adjacent to an activating group) is 1. The van der Waals surface area contributed by atoms with E-state index < -0.39 is 0 Å². The van der Waals surface area contributed by atoms with Crippen molar-refractivity contribution in [2.45, 2.75) is 38.4 Å². The summed E-state index contributed by atoms with van der Waals surface area (Å²) in [5, 5.41) is 10.1. The van der Waals surface area contributed by atoms with E-state index in [1.54, 1.807) is 28.0 Å². The molecule has 0 aliphatic carbocycles. The molecule has 1 atom stereocenters. The molecule has 1 N–H and O–H groups in total. The molecule has 0 fully saturated rings. The van der Waals surface area contributed by atoms with Gasteiger partial charge in [-0.15, -0.1) is 23.1 Å². The van der Waals surface area contributed by atoms with Crippen LogP contribution in [0.1, 0.15) is 47.7 Å². The fraction of sp³-hybridized carbons (Fsp3) is 0.444. The van der Waals surface area contributed by atoms with Crippen molar-refractivity contribution in [2.75, 3.05) is 44.4 Å². The third-order valence-electron chi connectivity index (χ3n) is 6.03. The summed E-state index contributed by atoms with van der Waals surface area (Å²) in [6.45, 7) is 9.71. The Labute approximate surface area is 221 Å². The van der Waals surface area contributed by atoms with Crippen molar-refractivity contribution in [1.29, 1.82) is 0 Å². The summed E-state index contributed by atoms with van der Waals surface area (Å²) in [6.07, 6.45) is 0. The number of nitrogens with one attached hydrogen (secondary N) is 1. The highest BCUT2D eigenvalue weighted by Gasteiger charge is 2.40. The van der Waals surface area contributed by atoms with Crippen LogP contribution in [0.2, 0.25) is 0 Å². The van der Waals surface area contributed by atoms with Gasteiger partial charge in [0.15, 0.2) is 0 Å². The fourth-order valence-electron chi connectivity index (χ4n) is 4.30. The van der Waals surface area contributed by atoms with Crippen LogP contribution >= 0.6 is 23.1 Å². The molecule has 0 bridgehead atoms. The van der Waals surface area contributed by atoms with Crippen LogP contribution in [0, 0.1) is 6.92 Å². The quantitative estimate of drug-likeness (QED) is 0.496. The topological polar surface area (TPSA) is 70.5 Å². The zero-order valence-electron chi connectivity index (χ0n) is 21.9. The first-order valence-electron chi connectivity index (χ1n) is 12.1. The van der Waals surface area contributed by atoms with Crippen molar-refractivity contribution >= 4 is 40.7 Å². The van der Waals surface area contributed by atoms with E-state index >= 15 is 0 Å². The van der Waals surface area contributed by atoms with Crippen LogP contribution < -0.4 is 10.2 Å². The predicted molar refractivity (Wildman–Crippen MR) is 150 cm³/mol. The summed E-state index contributed by atoms with van der Waals surface area (Å²) in [7, 11) is 3.93. The van der Waals surface area contributed by atoms with Crippen LogP contribution in [0.15, 0.2) is 41.8 Å². The van der Waals surface area contributed by atoms with Gasteiger partial charge in [-0.05, 0) is 50.2 Å². The Bertz CT molecular complexity index is 1230. The molecule has 1 unspecified atom stereocenters. The lowest BCUT2D eigenvalue weighted by atomic mass is 9.88. The van der Waals surface area contributed by atoms with Gasteiger partial charge >= 0.3 is 0 Å². The molecule has 0 saturated heterocycles. The van der Waals surface area contributed by atoms with Crippen molar-refractivity contribution in [3.63, 3.8) is 0 Å². The lowest BCUT2D eigenvalue weighted by molar-refractivity contribution is -0.122. The highest BCUT2D eigenvalue weighted by Crippen LogP contribution is 2.49. The fourth-order valence-corrected chi connectivity index (χ4v) is 6.47. The SMILES string of the molecule is Cc1cccc(-n2nc(C(C)(C)C)c3c2N(CC(=O)NCCN(C)C)C(=O)CSC3c2cccs2)c1. The monoisotopic (exact) mass is 525 g/mol. The second-order valence-corrected chi connectivity index (χ2v) is 12.5. The smallest absolute Gasteiger partial charge is 0.240 e. The molecule has 9 heteroatoms. The molecule has 3 heterocycles. The third kappa shape index (κ3) is 5.68. The number of thiophene rings is 1. The van der Waals surface area contributed by atoms with Crippen LogP contribution in [0.4, 0.5) is 5.82 Å². The maximum atomic E-state index is 13.6. The van der Waals surface area contributed by atoms with Gasteiger partial charge in [-0.1, -0.05) is 39.0 Å². The van der Waals surface area contributed by atoms with E-state index in [9.17, 15) is 9.59 Å². The van der Waals surface area contributed by atoms with Gasteiger partial charge in [-0.2, -0.15) is 5.10 Å². The van der Waals surface area contributed by atoms with Gasteiger partial charge in [-0.3, -0.25) is 14.5 Å². The van der Waals surface area contributed by atoms with Crippen LogP contribution in [0.3, 0.4) is 0 Å². The summed E-state index contributed by atoms with van der Waals surface area (Å²) in [5.74, 6) is 0.726. The molecule has 7 nitrogen and oxygen atoms in total. The number of benzene rings is 1. The average Bonchev–Trinajstić information content (AvgIpc) is 3.43. The van der Waals surface area contributed by atoms with Crippen molar-refractivity contribution < 1.29 is 9.59 Å². The number of carbonyl (C=O) groups excluding carboxylic acids is 2. The number of fused-ring (bicyclic) bond motifs is 1. The van der Waals surface area contributed by atoms with Gasteiger partial charge in [0.2, 0.25) is 11.8 Å². The van der Waals surface area contributed by atoms with Crippen LogP contribution in [0.25, 0.3) is 5.69 Å². The molecule has 4 rings (SSSR count). The number of hydrogen-bond acceptors (Lipinski definition) is 6. The number of nitrogens with zero attached hydrogens (tertiary/aromatic N) is 4. The highest BCUT2D eigenvalue weighted by molar-refractivity contribution is 8.00. The zero-order chi connectivity index (χ0) is 26.0. The summed E-state index contributed by atoms with van der Waals surface area (Å²) in [5.41, 5.74) is 3.68. The van der Waals surface area contributed by atoms with Crippen molar-refractivity contribution in [3.05, 3.63) is 63.5 Å². The van der Waals surface area contributed by atoms with Gasteiger partial charge in [0.1, 0.15) is 12.4 Å². The van der Waals surface area contributed by atoms with E-state index in [0.29, 0.717) is 18.1 Å². The standard InChI is InChI=1S/C27H35N5O2S2/c1-18-9-7-10-19(15-18)32-26-23(25(29-32)27(2,3)4)24(20-11-8-14-35-20)36-17-22(34)31(26)16-21(33)28-12-13-30(5)6/h7-11,14-15,24H,12-13,16-17H2,1-6H3,(H,28,33). The van der Waals surface area contributed by atoms with E-state index in [0.717, 1.165) is 29.1 Å². The molecular weight excluding hydrogens is 490 g/mol. The molecule has 2 aromatic heterocycles. The average molecular weight is 526 g/mol. The molecular formula is C27H35N5O2S2. The van der Waals surface area contributed by atoms with Gasteiger partial charge in [0, 0.05) is 28.9 Å². The lowest BCUT2D eigenvalue weighted by Crippen LogP contribution is -2.43. The molecule has 1 aliphatic rings. The number of rotatable bonds is 7. The second kappa shape index (κ2) is 10.8. The van der Waals surface area contributed by atoms with Gasteiger partial charge in [0.05, 0.1) is 22.4 Å². The van der Waals surface area contributed by atoms with Crippen LogP contribution in [0.5, 0.6) is 0 Å².